The molecule has 4 atom stereocenters. The Morgan fingerprint density at radius 2 is 1.92 bits per heavy atom. The maximum atomic E-state index is 10.4. The van der Waals surface area contributed by atoms with Crippen molar-refractivity contribution in [2.24, 2.45) is 0 Å². The molecule has 2 aromatic rings. The molecule has 0 amide bonds. The number of benzene rings is 2. The van der Waals surface area contributed by atoms with Gasteiger partial charge >= 0.3 is 0 Å². The van der Waals surface area contributed by atoms with Gasteiger partial charge < -0.3 is 19.7 Å². The largest absolute Gasteiger partial charge is 0.497 e. The lowest BCUT2D eigenvalue weighted by Gasteiger charge is -2.37. The van der Waals surface area contributed by atoms with Gasteiger partial charge in [0.05, 0.1) is 19.3 Å². The number of aliphatic hydroxyl groups is 2. The highest BCUT2D eigenvalue weighted by atomic mass is 35.5. The highest BCUT2D eigenvalue weighted by Crippen LogP contribution is 2.34. The Morgan fingerprint density at radius 3 is 2.58 bits per heavy atom. The topological polar surface area (TPSA) is 58.9 Å². The van der Waals surface area contributed by atoms with E-state index in [2.05, 4.69) is 12.6 Å². The first-order valence-electron chi connectivity index (χ1n) is 8.55. The van der Waals surface area contributed by atoms with Gasteiger partial charge in [0.1, 0.15) is 18.0 Å². The zero-order valence-electron chi connectivity index (χ0n) is 14.5. The second kappa shape index (κ2) is 8.63. The average Bonchev–Trinajstić information content (AvgIpc) is 2.66. The molecule has 0 aromatic heterocycles. The second-order valence-corrected chi connectivity index (χ2v) is 7.30. The van der Waals surface area contributed by atoms with Crippen molar-refractivity contribution in [3.05, 3.63) is 64.2 Å². The summed E-state index contributed by atoms with van der Waals surface area (Å²) in [6.45, 7) is 0. The Labute approximate surface area is 164 Å². The molecule has 1 fully saturated rings. The first kappa shape index (κ1) is 19.5. The van der Waals surface area contributed by atoms with Gasteiger partial charge in [-0.15, -0.1) is 0 Å². The summed E-state index contributed by atoms with van der Waals surface area (Å²) in [5.41, 5.74) is 2.84. The van der Waals surface area contributed by atoms with Crippen molar-refractivity contribution in [1.29, 1.82) is 0 Å². The Balaban J connectivity index is 1.84. The lowest BCUT2D eigenvalue weighted by Crippen LogP contribution is -2.44. The summed E-state index contributed by atoms with van der Waals surface area (Å²) in [7, 11) is 1.64. The van der Waals surface area contributed by atoms with Crippen LogP contribution in [-0.4, -0.2) is 41.4 Å². The molecule has 0 saturated carbocycles. The van der Waals surface area contributed by atoms with Gasteiger partial charge in [0, 0.05) is 17.2 Å². The van der Waals surface area contributed by atoms with Crippen LogP contribution in [0.5, 0.6) is 5.75 Å². The number of halogens is 1. The van der Waals surface area contributed by atoms with Crippen LogP contribution in [-0.2, 0) is 11.2 Å². The number of ether oxygens (including phenoxy) is 2. The summed E-state index contributed by atoms with van der Waals surface area (Å²) in [5, 5.41) is 21.1. The van der Waals surface area contributed by atoms with E-state index in [1.165, 1.54) is 0 Å². The summed E-state index contributed by atoms with van der Waals surface area (Å²) in [6.07, 6.45) is -1.55. The Hall–Kier alpha value is -1.24. The van der Waals surface area contributed by atoms with Crippen molar-refractivity contribution in [2.75, 3.05) is 12.9 Å². The smallest absolute Gasteiger partial charge is 0.118 e. The van der Waals surface area contributed by atoms with E-state index in [0.29, 0.717) is 23.6 Å². The van der Waals surface area contributed by atoms with Gasteiger partial charge in [-0.25, -0.2) is 0 Å². The maximum Gasteiger partial charge on any atom is 0.118 e. The molecule has 140 valence electrons. The molecule has 4 nitrogen and oxygen atoms in total. The van der Waals surface area contributed by atoms with Crippen LogP contribution < -0.4 is 4.74 Å². The van der Waals surface area contributed by atoms with E-state index in [9.17, 15) is 10.2 Å². The van der Waals surface area contributed by atoms with Gasteiger partial charge in [-0.1, -0.05) is 35.9 Å². The van der Waals surface area contributed by atoms with Crippen LogP contribution in [0.4, 0.5) is 0 Å². The molecule has 1 aliphatic rings. The predicted octanol–water partition coefficient (Wildman–Crippen LogP) is 3.42. The lowest BCUT2D eigenvalue weighted by atomic mass is 9.92. The van der Waals surface area contributed by atoms with Crippen LogP contribution in [0.25, 0.3) is 0 Å². The van der Waals surface area contributed by atoms with E-state index in [-0.39, 0.29) is 6.10 Å². The minimum absolute atomic E-state index is 0.192. The molecular weight excluding hydrogens is 372 g/mol. The molecule has 3 rings (SSSR count). The summed E-state index contributed by atoms with van der Waals surface area (Å²) >= 11 is 10.6. The average molecular weight is 395 g/mol. The van der Waals surface area contributed by atoms with Gasteiger partial charge in [0.15, 0.2) is 0 Å². The Bertz CT molecular complexity index is 737. The van der Waals surface area contributed by atoms with Crippen molar-refractivity contribution in [3.8, 4) is 5.75 Å². The predicted molar refractivity (Wildman–Crippen MR) is 105 cm³/mol. The summed E-state index contributed by atoms with van der Waals surface area (Å²) in [6, 6.07) is 13.4. The normalized spacial score (nSPS) is 25.9. The highest BCUT2D eigenvalue weighted by Gasteiger charge is 2.37. The summed E-state index contributed by atoms with van der Waals surface area (Å²) < 4.78 is 11.1. The molecular formula is C20H23ClO4S. The van der Waals surface area contributed by atoms with Crippen LogP contribution in [0.2, 0.25) is 5.02 Å². The van der Waals surface area contributed by atoms with Crippen LogP contribution in [0.15, 0.2) is 42.5 Å². The quantitative estimate of drug-likeness (QED) is 0.680. The van der Waals surface area contributed by atoms with Crippen LogP contribution in [0, 0.1) is 0 Å². The standard InChI is InChI=1S/C20H23ClO4S/c1-24-15-5-2-12(3-6-15)8-14-9-13(4-7-17(14)21)20-19(23)18(22)10-16(11-26)25-20/h2-7,9,16,18-20,22-23,26H,8,10-11H2,1H3. The number of hydrogen-bond acceptors (Lipinski definition) is 5. The van der Waals surface area contributed by atoms with Crippen LogP contribution in [0.3, 0.4) is 0 Å². The monoisotopic (exact) mass is 394 g/mol. The second-order valence-electron chi connectivity index (χ2n) is 6.53. The minimum atomic E-state index is -0.971. The van der Waals surface area contributed by atoms with Gasteiger partial charge in [-0.05, 0) is 41.3 Å². The molecule has 0 aliphatic carbocycles. The van der Waals surface area contributed by atoms with E-state index >= 15 is 0 Å². The Morgan fingerprint density at radius 1 is 1.19 bits per heavy atom. The van der Waals surface area contributed by atoms with Gasteiger partial charge in [0.25, 0.3) is 0 Å². The minimum Gasteiger partial charge on any atom is -0.497 e. The van der Waals surface area contributed by atoms with Crippen LogP contribution in [0.1, 0.15) is 29.2 Å². The van der Waals surface area contributed by atoms with Gasteiger partial charge in [-0.2, -0.15) is 12.6 Å². The van der Waals surface area contributed by atoms with E-state index in [1.807, 2.05) is 42.5 Å². The molecule has 4 unspecified atom stereocenters. The number of methoxy groups -OCH3 is 1. The number of thiol groups is 1. The maximum absolute atomic E-state index is 10.4. The van der Waals surface area contributed by atoms with E-state index in [1.54, 1.807) is 7.11 Å². The first-order chi connectivity index (χ1) is 12.5. The third-order valence-electron chi connectivity index (χ3n) is 4.70. The van der Waals surface area contributed by atoms with Crippen molar-refractivity contribution < 1.29 is 19.7 Å². The zero-order chi connectivity index (χ0) is 18.7. The highest BCUT2D eigenvalue weighted by molar-refractivity contribution is 7.80. The fourth-order valence-corrected chi connectivity index (χ4v) is 3.64. The van der Waals surface area contributed by atoms with E-state index < -0.39 is 18.3 Å². The number of rotatable bonds is 5. The van der Waals surface area contributed by atoms with Crippen molar-refractivity contribution in [2.45, 2.75) is 37.3 Å². The molecule has 6 heteroatoms. The third-order valence-corrected chi connectivity index (χ3v) is 5.48. The number of aliphatic hydroxyl groups excluding tert-OH is 2. The fourth-order valence-electron chi connectivity index (χ4n) is 3.22. The SMILES string of the molecule is COc1ccc(Cc2cc(C3OC(CS)CC(O)C3O)ccc2Cl)cc1. The molecule has 0 bridgehead atoms. The van der Waals surface area contributed by atoms with Crippen LogP contribution >= 0.6 is 24.2 Å². The molecule has 2 aromatic carbocycles. The zero-order valence-corrected chi connectivity index (χ0v) is 16.2. The molecule has 2 N–H and O–H groups in total. The summed E-state index contributed by atoms with van der Waals surface area (Å²) in [5.74, 6) is 1.30. The molecule has 26 heavy (non-hydrogen) atoms. The van der Waals surface area contributed by atoms with Crippen molar-refractivity contribution in [1.82, 2.24) is 0 Å². The van der Waals surface area contributed by atoms with Crippen molar-refractivity contribution >= 4 is 24.2 Å². The number of hydrogen-bond donors (Lipinski definition) is 3. The van der Waals surface area contributed by atoms with E-state index in [4.69, 9.17) is 21.1 Å². The van der Waals surface area contributed by atoms with E-state index in [0.717, 1.165) is 22.4 Å². The fraction of sp³-hybridized carbons (Fsp3) is 0.400. The van der Waals surface area contributed by atoms with Gasteiger partial charge in [0.2, 0.25) is 0 Å². The molecule has 1 aliphatic heterocycles. The molecule has 0 radical (unpaired) electrons. The molecule has 1 saturated heterocycles. The first-order valence-corrected chi connectivity index (χ1v) is 9.56. The van der Waals surface area contributed by atoms with Crippen molar-refractivity contribution in [3.63, 3.8) is 0 Å². The Kier molecular flexibility index (Phi) is 6.48. The van der Waals surface area contributed by atoms with Gasteiger partial charge in [-0.3, -0.25) is 0 Å². The lowest BCUT2D eigenvalue weighted by molar-refractivity contribution is -0.164. The summed E-state index contributed by atoms with van der Waals surface area (Å²) in [4.78, 5) is 0. The molecule has 1 heterocycles. The third kappa shape index (κ3) is 4.35. The molecule has 0 spiro atoms.